The molecule has 0 fully saturated rings. The summed E-state index contributed by atoms with van der Waals surface area (Å²) in [5.41, 5.74) is 0.110. The first-order chi connectivity index (χ1) is 7.92. The van der Waals surface area contributed by atoms with Crippen LogP contribution >= 0.6 is 0 Å². The van der Waals surface area contributed by atoms with Crippen molar-refractivity contribution < 1.29 is 27.1 Å². The maximum Gasteiger partial charge on any atom is 0.389 e. The van der Waals surface area contributed by atoms with Crippen LogP contribution in [0.1, 0.15) is 23.2 Å². The molecule has 1 aromatic carbocycles. The SMILES string of the molecule is O=Cc1ccc(F)cc1OCCCC(F)(F)F. The Balaban J connectivity index is 2.51. The fraction of sp³-hybridized carbons (Fsp3) is 0.364. The quantitative estimate of drug-likeness (QED) is 0.455. The van der Waals surface area contributed by atoms with Crippen LogP contribution in [0.4, 0.5) is 17.6 Å². The number of alkyl halides is 3. The molecule has 0 saturated carbocycles. The zero-order valence-corrected chi connectivity index (χ0v) is 8.76. The summed E-state index contributed by atoms with van der Waals surface area (Å²) < 4.78 is 53.2. The number of benzene rings is 1. The smallest absolute Gasteiger partial charge is 0.389 e. The average Bonchev–Trinajstić information content (AvgIpc) is 2.23. The third-order valence-electron chi connectivity index (χ3n) is 1.96. The van der Waals surface area contributed by atoms with Gasteiger partial charge in [0.15, 0.2) is 6.29 Å². The van der Waals surface area contributed by atoms with Gasteiger partial charge in [0.25, 0.3) is 0 Å². The Hall–Kier alpha value is -1.59. The van der Waals surface area contributed by atoms with Crippen molar-refractivity contribution in [1.29, 1.82) is 0 Å². The predicted molar refractivity (Wildman–Crippen MR) is 52.6 cm³/mol. The molecule has 0 saturated heterocycles. The van der Waals surface area contributed by atoms with Gasteiger partial charge in [-0.2, -0.15) is 13.2 Å². The van der Waals surface area contributed by atoms with Crippen molar-refractivity contribution in [1.82, 2.24) is 0 Å². The van der Waals surface area contributed by atoms with Gasteiger partial charge in [0.05, 0.1) is 12.2 Å². The molecule has 1 aromatic rings. The van der Waals surface area contributed by atoms with Crippen LogP contribution in [-0.2, 0) is 0 Å². The van der Waals surface area contributed by atoms with Crippen molar-refractivity contribution >= 4 is 6.29 Å². The summed E-state index contributed by atoms with van der Waals surface area (Å²) >= 11 is 0. The lowest BCUT2D eigenvalue weighted by Gasteiger charge is -2.09. The highest BCUT2D eigenvalue weighted by molar-refractivity contribution is 5.79. The largest absolute Gasteiger partial charge is 0.493 e. The van der Waals surface area contributed by atoms with Gasteiger partial charge in [-0.05, 0) is 18.6 Å². The van der Waals surface area contributed by atoms with Gasteiger partial charge in [0.1, 0.15) is 11.6 Å². The molecule has 0 radical (unpaired) electrons. The molecule has 0 unspecified atom stereocenters. The molecule has 0 amide bonds. The van der Waals surface area contributed by atoms with E-state index in [1.807, 2.05) is 0 Å². The minimum Gasteiger partial charge on any atom is -0.493 e. The molecule has 6 heteroatoms. The lowest BCUT2D eigenvalue weighted by atomic mass is 10.2. The van der Waals surface area contributed by atoms with Crippen molar-refractivity contribution in [3.63, 3.8) is 0 Å². The van der Waals surface area contributed by atoms with Crippen LogP contribution in [0.3, 0.4) is 0 Å². The van der Waals surface area contributed by atoms with Crippen molar-refractivity contribution in [2.24, 2.45) is 0 Å². The first-order valence-corrected chi connectivity index (χ1v) is 4.86. The van der Waals surface area contributed by atoms with Crippen molar-refractivity contribution in [2.45, 2.75) is 19.0 Å². The maximum absolute atomic E-state index is 12.8. The monoisotopic (exact) mass is 250 g/mol. The fourth-order valence-electron chi connectivity index (χ4n) is 1.19. The van der Waals surface area contributed by atoms with Gasteiger partial charge < -0.3 is 4.74 Å². The minimum atomic E-state index is -4.24. The van der Waals surface area contributed by atoms with Crippen LogP contribution < -0.4 is 4.74 Å². The summed E-state index contributed by atoms with van der Waals surface area (Å²) in [7, 11) is 0. The van der Waals surface area contributed by atoms with Crippen LogP contribution in [0.5, 0.6) is 5.75 Å². The second kappa shape index (κ2) is 5.65. The Labute approximate surface area is 95.2 Å². The molecule has 2 nitrogen and oxygen atoms in total. The number of hydrogen-bond acceptors (Lipinski definition) is 2. The molecule has 0 aliphatic carbocycles. The van der Waals surface area contributed by atoms with Gasteiger partial charge in [-0.1, -0.05) is 0 Å². The summed E-state index contributed by atoms with van der Waals surface area (Å²) in [5.74, 6) is -0.649. The standard InChI is InChI=1S/C11H10F4O2/c12-9-3-2-8(7-16)10(6-9)17-5-1-4-11(13,14)15/h2-3,6-7H,1,4-5H2. The van der Waals surface area contributed by atoms with E-state index in [1.54, 1.807) is 0 Å². The number of carbonyl (C=O) groups is 1. The maximum atomic E-state index is 12.8. The van der Waals surface area contributed by atoms with Gasteiger partial charge in [-0.3, -0.25) is 4.79 Å². The second-order valence-corrected chi connectivity index (χ2v) is 3.37. The molecular formula is C11H10F4O2. The minimum absolute atomic E-state index is 0.0397. The summed E-state index contributed by atoms with van der Waals surface area (Å²) in [4.78, 5) is 10.5. The number of aldehydes is 1. The van der Waals surface area contributed by atoms with Gasteiger partial charge in [0.2, 0.25) is 0 Å². The highest BCUT2D eigenvalue weighted by Crippen LogP contribution is 2.22. The van der Waals surface area contributed by atoms with Gasteiger partial charge >= 0.3 is 6.18 Å². The highest BCUT2D eigenvalue weighted by Gasteiger charge is 2.26. The van der Waals surface area contributed by atoms with Gasteiger partial charge in [-0.15, -0.1) is 0 Å². The normalized spacial score (nSPS) is 11.3. The Morgan fingerprint density at radius 2 is 2.00 bits per heavy atom. The van der Waals surface area contributed by atoms with Crippen molar-refractivity contribution in [2.75, 3.05) is 6.61 Å². The molecule has 0 N–H and O–H groups in total. The predicted octanol–water partition coefficient (Wildman–Crippen LogP) is 3.36. The average molecular weight is 250 g/mol. The molecule has 94 valence electrons. The van der Waals surface area contributed by atoms with Crippen LogP contribution in [0.15, 0.2) is 18.2 Å². The van der Waals surface area contributed by atoms with E-state index in [0.717, 1.165) is 12.1 Å². The molecule has 0 aliphatic heterocycles. The summed E-state index contributed by atoms with van der Waals surface area (Å²) in [6.45, 7) is -0.218. The Morgan fingerprint density at radius 3 is 2.59 bits per heavy atom. The lowest BCUT2D eigenvalue weighted by Crippen LogP contribution is -2.10. The number of rotatable bonds is 5. The molecule has 0 atom stereocenters. The molecule has 0 bridgehead atoms. The first kappa shape index (κ1) is 13.5. The van der Waals surface area contributed by atoms with E-state index in [2.05, 4.69) is 0 Å². The zero-order chi connectivity index (χ0) is 12.9. The van der Waals surface area contributed by atoms with Crippen molar-refractivity contribution in [3.8, 4) is 5.75 Å². The topological polar surface area (TPSA) is 26.3 Å². The molecule has 0 spiro atoms. The number of carbonyl (C=O) groups excluding carboxylic acids is 1. The van der Waals surface area contributed by atoms with E-state index < -0.39 is 18.4 Å². The van der Waals surface area contributed by atoms with Gasteiger partial charge in [-0.25, -0.2) is 4.39 Å². The van der Waals surface area contributed by atoms with Gasteiger partial charge in [0, 0.05) is 12.5 Å². The zero-order valence-electron chi connectivity index (χ0n) is 8.76. The Morgan fingerprint density at radius 1 is 1.29 bits per heavy atom. The van der Waals surface area contributed by atoms with E-state index in [-0.39, 0.29) is 24.3 Å². The molecule has 0 aromatic heterocycles. The van der Waals surface area contributed by atoms with E-state index in [1.165, 1.54) is 6.07 Å². The summed E-state index contributed by atoms with van der Waals surface area (Å²) in [6, 6.07) is 3.26. The van der Waals surface area contributed by atoms with Crippen molar-refractivity contribution in [3.05, 3.63) is 29.6 Å². The molecule has 0 aliphatic rings. The number of hydrogen-bond donors (Lipinski definition) is 0. The van der Waals surface area contributed by atoms with E-state index in [0.29, 0.717) is 6.29 Å². The number of halogens is 4. The van der Waals surface area contributed by atoms with Crippen LogP contribution in [0.25, 0.3) is 0 Å². The molecule has 17 heavy (non-hydrogen) atoms. The Bertz CT molecular complexity index is 388. The third kappa shape index (κ3) is 4.84. The van der Waals surface area contributed by atoms with E-state index >= 15 is 0 Å². The molecule has 1 rings (SSSR count). The van der Waals surface area contributed by atoms with E-state index in [4.69, 9.17) is 4.74 Å². The fourth-order valence-corrected chi connectivity index (χ4v) is 1.19. The van der Waals surface area contributed by atoms with Crippen LogP contribution in [0.2, 0.25) is 0 Å². The third-order valence-corrected chi connectivity index (χ3v) is 1.96. The second-order valence-electron chi connectivity index (χ2n) is 3.37. The summed E-state index contributed by atoms with van der Waals surface area (Å²) in [6.07, 6.45) is -4.99. The van der Waals surface area contributed by atoms with Crippen LogP contribution in [0, 0.1) is 5.82 Å². The summed E-state index contributed by atoms with van der Waals surface area (Å²) in [5, 5.41) is 0. The number of ether oxygens (including phenoxy) is 1. The Kier molecular flexibility index (Phi) is 4.48. The molecule has 0 heterocycles. The van der Waals surface area contributed by atoms with Crippen LogP contribution in [-0.4, -0.2) is 19.1 Å². The van der Waals surface area contributed by atoms with E-state index in [9.17, 15) is 22.4 Å². The first-order valence-electron chi connectivity index (χ1n) is 4.86. The molecular weight excluding hydrogens is 240 g/mol. The highest BCUT2D eigenvalue weighted by atomic mass is 19.4. The lowest BCUT2D eigenvalue weighted by molar-refractivity contribution is -0.136.